The summed E-state index contributed by atoms with van der Waals surface area (Å²) in [6, 6.07) is 23.8. The zero-order valence-corrected chi connectivity index (χ0v) is 63.8. The molecule has 2 aromatic rings. The number of halogens is 2. The third kappa shape index (κ3) is 72.2. The van der Waals surface area contributed by atoms with E-state index in [4.69, 9.17) is 0 Å². The third-order valence-electron chi connectivity index (χ3n) is 19.4. The van der Waals surface area contributed by atoms with Crippen LogP contribution in [0.5, 0.6) is 0 Å². The Balaban J connectivity index is 0. The van der Waals surface area contributed by atoms with Gasteiger partial charge in [0.15, 0.2) is 0 Å². The number of unbranched alkanes of at least 4 members (excludes halogenated alkanes) is 48. The van der Waals surface area contributed by atoms with Gasteiger partial charge in [-0.2, -0.15) is 0 Å². The molecule has 0 aliphatic rings. The van der Waals surface area contributed by atoms with Crippen LogP contribution in [-0.4, -0.2) is 12.1 Å². The molecule has 0 unspecified atom stereocenters. The Bertz CT molecular complexity index is 1530. The first-order chi connectivity index (χ1) is 44.7. The molecule has 92 heavy (non-hydrogen) atoms. The van der Waals surface area contributed by atoms with E-state index in [1.165, 1.54) is 396 Å². The summed E-state index contributed by atoms with van der Waals surface area (Å²) < 4.78 is 0. The van der Waals surface area contributed by atoms with Crippen LogP contribution >= 0.6 is 0 Å². The van der Waals surface area contributed by atoms with Gasteiger partial charge in [0.1, 0.15) is 13.1 Å². The molecule has 536 valence electrons. The summed E-state index contributed by atoms with van der Waals surface area (Å²) in [5, 5.41) is 5.31. The fourth-order valence-corrected chi connectivity index (χ4v) is 13.2. The van der Waals surface area contributed by atoms with Crippen molar-refractivity contribution in [1.82, 2.24) is 0 Å². The second-order valence-electron chi connectivity index (χ2n) is 28.3. The van der Waals surface area contributed by atoms with Gasteiger partial charge in [-0.25, -0.2) is 0 Å². The van der Waals surface area contributed by atoms with Crippen molar-refractivity contribution in [1.29, 1.82) is 0 Å². The Kier molecular flexibility index (Phi) is 81.3. The number of allylic oxidation sites excluding steroid dienone is 8. The third-order valence-corrected chi connectivity index (χ3v) is 19.4. The lowest BCUT2D eigenvalue weighted by Gasteiger charge is -2.16. The van der Waals surface area contributed by atoms with Gasteiger partial charge in [0.05, 0.1) is 12.1 Å². The minimum absolute atomic E-state index is 0. The van der Waals surface area contributed by atoms with Crippen molar-refractivity contribution in [3.8, 4) is 0 Å². The van der Waals surface area contributed by atoms with E-state index in [9.17, 15) is 0 Å². The maximum Gasteiger partial charge on any atom is 0.101 e. The molecule has 4 heteroatoms. The SMILES string of the molecule is CCCCCCCCC=CCCCCCCCCC(CCCCCCCCC=CCCCCCCCC)[NH2+]Cc1ccccc1.CCCCCCCCC=CCCCCCCCCC(CCCCCCCCC=CCCCCCCCC)[NH2+]Cc1ccccc1.[Cl-].[Cl-]. The molecule has 0 spiro atoms. The van der Waals surface area contributed by atoms with Gasteiger partial charge in [-0.05, 0) is 154 Å². The molecule has 2 rings (SSSR count). The molecule has 2 nitrogen and oxygen atoms in total. The second-order valence-corrected chi connectivity index (χ2v) is 28.3. The van der Waals surface area contributed by atoms with Crippen molar-refractivity contribution in [2.45, 2.75) is 438 Å². The Hall–Kier alpha value is -2.10. The van der Waals surface area contributed by atoms with E-state index in [2.05, 4.69) is 148 Å². The van der Waals surface area contributed by atoms with Crippen molar-refractivity contribution in [2.75, 3.05) is 0 Å². The van der Waals surface area contributed by atoms with Crippen LogP contribution in [0.15, 0.2) is 109 Å². The lowest BCUT2D eigenvalue weighted by atomic mass is 9.99. The molecule has 0 saturated carbocycles. The Morgan fingerprint density at radius 1 is 0.217 bits per heavy atom. The molecule has 0 heterocycles. The molecule has 0 aliphatic carbocycles. The van der Waals surface area contributed by atoms with E-state index in [1.807, 2.05) is 0 Å². The lowest BCUT2D eigenvalue weighted by molar-refractivity contribution is -0.706. The average molecular weight is 1320 g/mol. The van der Waals surface area contributed by atoms with Gasteiger partial charge < -0.3 is 35.4 Å². The molecule has 0 aliphatic heterocycles. The Labute approximate surface area is 590 Å². The van der Waals surface area contributed by atoms with Gasteiger partial charge in [-0.3, -0.25) is 0 Å². The fourth-order valence-electron chi connectivity index (χ4n) is 13.2. The number of hydrogen-bond donors (Lipinski definition) is 2. The molecule has 0 aromatic heterocycles. The quantitative estimate of drug-likeness (QED) is 0.0489. The Morgan fingerprint density at radius 2 is 0.380 bits per heavy atom. The maximum absolute atomic E-state index is 2.66. The van der Waals surface area contributed by atoms with Gasteiger partial charge in [-0.1, -0.05) is 368 Å². The molecule has 4 N–H and O–H groups in total. The monoisotopic (exact) mass is 1320 g/mol. The van der Waals surface area contributed by atoms with Crippen LogP contribution in [0, 0.1) is 0 Å². The molecular weight excluding hydrogens is 1160 g/mol. The predicted octanol–water partition coefficient (Wildman–Crippen LogP) is 22.0. The minimum atomic E-state index is 0. The lowest BCUT2D eigenvalue weighted by Crippen LogP contribution is -3.00. The van der Waals surface area contributed by atoms with E-state index < -0.39 is 0 Å². The second kappa shape index (κ2) is 81.3. The summed E-state index contributed by atoms with van der Waals surface area (Å²) >= 11 is 0. The highest BCUT2D eigenvalue weighted by molar-refractivity contribution is 5.13. The highest BCUT2D eigenvalue weighted by atomic mass is 35.5. The number of hydrogen-bond acceptors (Lipinski definition) is 0. The smallest absolute Gasteiger partial charge is 0.101 e. The zero-order valence-electron chi connectivity index (χ0n) is 62.3. The molecule has 0 radical (unpaired) electrons. The number of benzene rings is 2. The molecule has 0 atom stereocenters. The van der Waals surface area contributed by atoms with Crippen molar-refractivity contribution in [3.63, 3.8) is 0 Å². The largest absolute Gasteiger partial charge is 1.00 e. The number of nitrogens with two attached hydrogens (primary N) is 2. The summed E-state index contributed by atoms with van der Waals surface area (Å²) in [4.78, 5) is 0. The molecular formula is C88H160Cl2N2. The number of rotatable bonds is 70. The van der Waals surface area contributed by atoms with Gasteiger partial charge in [0, 0.05) is 11.1 Å². The Morgan fingerprint density at radius 3 is 0.565 bits per heavy atom. The summed E-state index contributed by atoms with van der Waals surface area (Å²) in [7, 11) is 0. The topological polar surface area (TPSA) is 33.2 Å². The van der Waals surface area contributed by atoms with Crippen LogP contribution < -0.4 is 35.4 Å². The molecule has 0 amide bonds. The van der Waals surface area contributed by atoms with Crippen LogP contribution in [0.2, 0.25) is 0 Å². The molecule has 0 bridgehead atoms. The first-order valence-electron chi connectivity index (χ1n) is 41.1. The highest BCUT2D eigenvalue weighted by Gasteiger charge is 2.14. The van der Waals surface area contributed by atoms with Crippen LogP contribution in [0.3, 0.4) is 0 Å². The number of quaternary nitrogens is 2. The zero-order chi connectivity index (χ0) is 64.3. The molecule has 0 fully saturated rings. The van der Waals surface area contributed by atoms with Crippen LogP contribution in [0.4, 0.5) is 0 Å². The summed E-state index contributed by atoms with van der Waals surface area (Å²) in [6.07, 6.45) is 103. The van der Waals surface area contributed by atoms with Gasteiger partial charge >= 0.3 is 0 Å². The van der Waals surface area contributed by atoms with E-state index in [1.54, 1.807) is 0 Å². The van der Waals surface area contributed by atoms with Crippen molar-refractivity contribution in [2.24, 2.45) is 0 Å². The molecule has 0 saturated heterocycles. The predicted molar refractivity (Wildman–Crippen MR) is 408 cm³/mol. The van der Waals surface area contributed by atoms with E-state index in [-0.39, 0.29) is 24.8 Å². The normalized spacial score (nSPS) is 12.3. The van der Waals surface area contributed by atoms with Crippen LogP contribution in [0.1, 0.15) is 424 Å². The summed E-state index contributed by atoms with van der Waals surface area (Å²) in [6.45, 7) is 11.5. The van der Waals surface area contributed by atoms with Gasteiger partial charge in [0.25, 0.3) is 0 Å². The highest BCUT2D eigenvalue weighted by Crippen LogP contribution is 2.18. The van der Waals surface area contributed by atoms with Crippen LogP contribution in [0.25, 0.3) is 0 Å². The van der Waals surface area contributed by atoms with E-state index in [0.717, 1.165) is 25.2 Å². The van der Waals surface area contributed by atoms with Crippen molar-refractivity contribution < 1.29 is 35.4 Å². The van der Waals surface area contributed by atoms with Crippen LogP contribution in [-0.2, 0) is 13.1 Å². The van der Waals surface area contributed by atoms with Crippen molar-refractivity contribution >= 4 is 0 Å². The first-order valence-corrected chi connectivity index (χ1v) is 41.1. The molecule has 2 aromatic carbocycles. The van der Waals surface area contributed by atoms with Crippen molar-refractivity contribution in [3.05, 3.63) is 120 Å². The first kappa shape index (κ1) is 92.0. The average Bonchev–Trinajstić information content (AvgIpc) is 3.73. The maximum atomic E-state index is 2.66. The minimum Gasteiger partial charge on any atom is -1.00 e. The van der Waals surface area contributed by atoms with Gasteiger partial charge in [-0.15, -0.1) is 0 Å². The standard InChI is InChI=1S/2C44H79N.2ClH/c2*1-3-5-7-9-11-13-15-17-19-21-23-25-27-29-31-36-40-44(45-42-43-38-34-33-35-39-43)41-37-32-30-28-26-24-22-20-18-16-14-12-10-8-6-4-2;;/h2*17-20,33-35,38-39,44-45H,3-16,21-32,36-37,40-42H2,1-2H3;2*1H. The summed E-state index contributed by atoms with van der Waals surface area (Å²) in [5.41, 5.74) is 2.95. The van der Waals surface area contributed by atoms with Gasteiger partial charge in [0.2, 0.25) is 0 Å². The van der Waals surface area contributed by atoms with E-state index in [0.29, 0.717) is 0 Å². The van der Waals surface area contributed by atoms with E-state index >= 15 is 0 Å². The summed E-state index contributed by atoms with van der Waals surface area (Å²) in [5.74, 6) is 0. The fraction of sp³-hybridized carbons (Fsp3) is 0.773.